The Bertz CT molecular complexity index is 1050. The SMILES string of the molecule is Cn1c(C(=O)c2ccccc2F)ccc1C(=O)N1CC(C)(c2ccccn2)C1. The van der Waals surface area contributed by atoms with Crippen LogP contribution in [0.1, 0.15) is 39.2 Å². The molecule has 0 atom stereocenters. The molecule has 6 heteroatoms. The number of likely N-dealkylation sites (tertiary alicyclic amines) is 1. The summed E-state index contributed by atoms with van der Waals surface area (Å²) in [4.78, 5) is 31.7. The lowest BCUT2D eigenvalue weighted by Gasteiger charge is -2.47. The Labute approximate surface area is 162 Å². The summed E-state index contributed by atoms with van der Waals surface area (Å²) in [7, 11) is 1.65. The zero-order valence-corrected chi connectivity index (χ0v) is 15.7. The first-order chi connectivity index (χ1) is 13.4. The topological polar surface area (TPSA) is 55.2 Å². The smallest absolute Gasteiger partial charge is 0.270 e. The first kappa shape index (κ1) is 18.1. The van der Waals surface area contributed by atoms with Crippen LogP contribution in [0.15, 0.2) is 60.8 Å². The molecule has 0 N–H and O–H groups in total. The second-order valence-electron chi connectivity index (χ2n) is 7.41. The van der Waals surface area contributed by atoms with E-state index >= 15 is 0 Å². The third-order valence-corrected chi connectivity index (χ3v) is 5.34. The zero-order valence-electron chi connectivity index (χ0n) is 15.7. The Kier molecular flexibility index (Phi) is 4.34. The fourth-order valence-electron chi connectivity index (χ4n) is 3.72. The summed E-state index contributed by atoms with van der Waals surface area (Å²) in [5.74, 6) is -1.17. The normalized spacial score (nSPS) is 15.2. The molecule has 1 aromatic carbocycles. The van der Waals surface area contributed by atoms with Crippen molar-refractivity contribution in [2.45, 2.75) is 12.3 Å². The van der Waals surface area contributed by atoms with Crippen LogP contribution in [0, 0.1) is 5.82 Å². The van der Waals surface area contributed by atoms with Gasteiger partial charge in [-0.15, -0.1) is 0 Å². The molecule has 142 valence electrons. The molecule has 2 aromatic heterocycles. The number of carbonyl (C=O) groups excluding carboxylic acids is 2. The van der Waals surface area contributed by atoms with Crippen LogP contribution in [0.25, 0.3) is 0 Å². The summed E-state index contributed by atoms with van der Waals surface area (Å²) in [5, 5.41) is 0. The standard InChI is InChI=1S/C22H20FN3O2/c1-22(19-9-5-6-12-24-19)13-26(14-22)21(28)18-11-10-17(25(18)2)20(27)15-7-3-4-8-16(15)23/h3-12H,13-14H2,1-2H3. The summed E-state index contributed by atoms with van der Waals surface area (Å²) < 4.78 is 15.5. The highest BCUT2D eigenvalue weighted by molar-refractivity contribution is 6.09. The molecule has 0 radical (unpaired) electrons. The number of ketones is 1. The minimum atomic E-state index is -0.574. The summed E-state index contributed by atoms with van der Waals surface area (Å²) in [6.45, 7) is 3.20. The van der Waals surface area contributed by atoms with Crippen LogP contribution in [0.4, 0.5) is 4.39 Å². The molecule has 3 aromatic rings. The lowest BCUT2D eigenvalue weighted by Crippen LogP contribution is -2.60. The van der Waals surface area contributed by atoms with Crippen molar-refractivity contribution in [1.29, 1.82) is 0 Å². The molecule has 28 heavy (non-hydrogen) atoms. The van der Waals surface area contributed by atoms with Gasteiger partial charge in [0.25, 0.3) is 5.91 Å². The van der Waals surface area contributed by atoms with E-state index < -0.39 is 11.6 Å². The van der Waals surface area contributed by atoms with Gasteiger partial charge in [0.1, 0.15) is 11.5 Å². The number of amides is 1. The van der Waals surface area contributed by atoms with Crippen molar-refractivity contribution in [1.82, 2.24) is 14.5 Å². The monoisotopic (exact) mass is 377 g/mol. The molecule has 0 unspecified atom stereocenters. The van der Waals surface area contributed by atoms with E-state index in [0.717, 1.165) is 5.69 Å². The van der Waals surface area contributed by atoms with Gasteiger partial charge in [-0.05, 0) is 36.4 Å². The Morgan fingerprint density at radius 3 is 2.36 bits per heavy atom. The van der Waals surface area contributed by atoms with Crippen LogP contribution in [0.5, 0.6) is 0 Å². The molecule has 1 aliphatic rings. The molecule has 1 amide bonds. The molecule has 0 aliphatic carbocycles. The maximum Gasteiger partial charge on any atom is 0.270 e. The molecule has 5 nitrogen and oxygen atoms in total. The molecular formula is C22H20FN3O2. The van der Waals surface area contributed by atoms with E-state index in [9.17, 15) is 14.0 Å². The van der Waals surface area contributed by atoms with Gasteiger partial charge in [0.05, 0.1) is 11.3 Å². The first-order valence-electron chi connectivity index (χ1n) is 9.06. The number of halogens is 1. The van der Waals surface area contributed by atoms with E-state index in [1.807, 2.05) is 18.2 Å². The van der Waals surface area contributed by atoms with Crippen LogP contribution in [-0.4, -0.2) is 39.2 Å². The Morgan fingerprint density at radius 1 is 1.00 bits per heavy atom. The average molecular weight is 377 g/mol. The average Bonchev–Trinajstić information content (AvgIpc) is 3.07. The van der Waals surface area contributed by atoms with Gasteiger partial charge in [-0.3, -0.25) is 14.6 Å². The maximum atomic E-state index is 14.0. The number of hydrogen-bond donors (Lipinski definition) is 0. The highest BCUT2D eigenvalue weighted by Crippen LogP contribution is 2.33. The molecule has 1 saturated heterocycles. The molecule has 4 rings (SSSR count). The van der Waals surface area contributed by atoms with Crippen LogP contribution in [0.3, 0.4) is 0 Å². The molecule has 1 fully saturated rings. The van der Waals surface area contributed by atoms with Gasteiger partial charge in [-0.25, -0.2) is 4.39 Å². The Morgan fingerprint density at radius 2 is 1.68 bits per heavy atom. The molecule has 3 heterocycles. The van der Waals surface area contributed by atoms with Crippen molar-refractivity contribution in [3.63, 3.8) is 0 Å². The van der Waals surface area contributed by atoms with E-state index in [2.05, 4.69) is 11.9 Å². The maximum absolute atomic E-state index is 14.0. The van der Waals surface area contributed by atoms with Crippen molar-refractivity contribution in [2.24, 2.45) is 7.05 Å². The summed E-state index contributed by atoms with van der Waals surface area (Å²) in [6, 6.07) is 14.8. The van der Waals surface area contributed by atoms with Crippen molar-refractivity contribution < 1.29 is 14.0 Å². The van der Waals surface area contributed by atoms with Crippen molar-refractivity contribution in [2.75, 3.05) is 13.1 Å². The van der Waals surface area contributed by atoms with Crippen molar-refractivity contribution in [3.05, 3.63) is 89.3 Å². The number of benzene rings is 1. The lowest BCUT2D eigenvalue weighted by atomic mass is 9.78. The molecule has 1 aliphatic heterocycles. The van der Waals surface area contributed by atoms with Crippen molar-refractivity contribution in [3.8, 4) is 0 Å². The quantitative estimate of drug-likeness (QED) is 0.656. The van der Waals surface area contributed by atoms with Gasteiger partial charge in [0.15, 0.2) is 0 Å². The molecular weight excluding hydrogens is 357 g/mol. The number of nitrogens with zero attached hydrogens (tertiary/aromatic N) is 3. The van der Waals surface area contributed by atoms with Crippen LogP contribution < -0.4 is 0 Å². The number of hydrogen-bond acceptors (Lipinski definition) is 3. The van der Waals surface area contributed by atoms with E-state index in [-0.39, 0.29) is 22.6 Å². The number of pyridine rings is 1. The van der Waals surface area contributed by atoms with E-state index in [1.54, 1.807) is 36.3 Å². The fraction of sp³-hybridized carbons (Fsp3) is 0.227. The largest absolute Gasteiger partial charge is 0.337 e. The summed E-state index contributed by atoms with van der Waals surface area (Å²) in [5.41, 5.74) is 1.47. The number of carbonyl (C=O) groups is 2. The highest BCUT2D eigenvalue weighted by Gasteiger charge is 2.44. The summed E-state index contributed by atoms with van der Waals surface area (Å²) >= 11 is 0. The Hall–Kier alpha value is -3.28. The lowest BCUT2D eigenvalue weighted by molar-refractivity contribution is 0.0414. The van der Waals surface area contributed by atoms with Gasteiger partial charge in [-0.2, -0.15) is 0 Å². The van der Waals surface area contributed by atoms with E-state index in [4.69, 9.17) is 0 Å². The third kappa shape index (κ3) is 2.91. The number of rotatable bonds is 4. The van der Waals surface area contributed by atoms with Gasteiger partial charge in [0.2, 0.25) is 5.78 Å². The van der Waals surface area contributed by atoms with Gasteiger partial charge in [0, 0.05) is 37.4 Å². The van der Waals surface area contributed by atoms with Crippen LogP contribution >= 0.6 is 0 Å². The minimum absolute atomic E-state index is 0.00521. The predicted molar refractivity (Wildman–Crippen MR) is 103 cm³/mol. The van der Waals surface area contributed by atoms with Crippen LogP contribution in [-0.2, 0) is 12.5 Å². The second-order valence-corrected chi connectivity index (χ2v) is 7.41. The van der Waals surface area contributed by atoms with E-state index in [0.29, 0.717) is 18.8 Å². The van der Waals surface area contributed by atoms with E-state index in [1.165, 1.54) is 22.8 Å². The van der Waals surface area contributed by atoms with Gasteiger partial charge >= 0.3 is 0 Å². The van der Waals surface area contributed by atoms with Crippen LogP contribution in [0.2, 0.25) is 0 Å². The highest BCUT2D eigenvalue weighted by atomic mass is 19.1. The van der Waals surface area contributed by atoms with Crippen molar-refractivity contribution >= 4 is 11.7 Å². The second kappa shape index (κ2) is 6.71. The van der Waals surface area contributed by atoms with Gasteiger partial charge in [-0.1, -0.05) is 25.1 Å². The molecule has 0 spiro atoms. The fourth-order valence-corrected chi connectivity index (χ4v) is 3.72. The summed E-state index contributed by atoms with van der Waals surface area (Å²) in [6.07, 6.45) is 1.75. The molecule has 0 bridgehead atoms. The Balaban J connectivity index is 1.53. The minimum Gasteiger partial charge on any atom is -0.337 e. The first-order valence-corrected chi connectivity index (χ1v) is 9.06. The third-order valence-electron chi connectivity index (χ3n) is 5.34. The zero-order chi connectivity index (χ0) is 19.9. The number of aromatic nitrogens is 2. The predicted octanol–water partition coefficient (Wildman–Crippen LogP) is 3.20. The van der Waals surface area contributed by atoms with Gasteiger partial charge < -0.3 is 9.47 Å². The molecule has 0 saturated carbocycles.